The lowest BCUT2D eigenvalue weighted by Gasteiger charge is -2.51. The molecule has 21 heavy (non-hydrogen) atoms. The standard InChI is InChI=1S/C20H39B/c1-16(2)19(8)11-9-13-20(21,14-10-12-19)18(6,7)15-17(3,4)5/h16H,9-15H2,1-8H3. The highest BCUT2D eigenvalue weighted by Crippen LogP contribution is 2.58. The van der Waals surface area contributed by atoms with Gasteiger partial charge in [0.05, 0.1) is 7.85 Å². The van der Waals surface area contributed by atoms with E-state index >= 15 is 0 Å². The van der Waals surface area contributed by atoms with Crippen LogP contribution >= 0.6 is 0 Å². The molecule has 0 saturated heterocycles. The second-order valence-electron chi connectivity index (χ2n) is 10.3. The molecule has 122 valence electrons. The van der Waals surface area contributed by atoms with Gasteiger partial charge in [-0.15, -0.1) is 0 Å². The van der Waals surface area contributed by atoms with Crippen molar-refractivity contribution < 1.29 is 0 Å². The van der Waals surface area contributed by atoms with Gasteiger partial charge in [0, 0.05) is 0 Å². The van der Waals surface area contributed by atoms with Crippen molar-refractivity contribution in [2.45, 2.75) is 106 Å². The van der Waals surface area contributed by atoms with Gasteiger partial charge >= 0.3 is 0 Å². The molecule has 0 aliphatic heterocycles. The minimum atomic E-state index is 0.0125. The van der Waals surface area contributed by atoms with E-state index in [2.05, 4.69) is 55.4 Å². The SMILES string of the molecule is [B]C1(C(C)(C)CC(C)(C)C)CCCC(C)(C(C)C)CCC1. The van der Waals surface area contributed by atoms with E-state index in [9.17, 15) is 0 Å². The third-order valence-electron chi connectivity index (χ3n) is 6.46. The van der Waals surface area contributed by atoms with Crippen LogP contribution in [0.5, 0.6) is 0 Å². The van der Waals surface area contributed by atoms with Gasteiger partial charge in [-0.3, -0.25) is 0 Å². The third kappa shape index (κ3) is 4.77. The summed E-state index contributed by atoms with van der Waals surface area (Å²) < 4.78 is 0. The largest absolute Gasteiger partial charge is 0.0753 e. The first-order valence-corrected chi connectivity index (χ1v) is 9.10. The second kappa shape index (κ2) is 6.28. The quantitative estimate of drug-likeness (QED) is 0.502. The highest BCUT2D eigenvalue weighted by Gasteiger charge is 2.43. The molecular weight excluding hydrogens is 251 g/mol. The average Bonchev–Trinajstić information content (AvgIpc) is 2.22. The topological polar surface area (TPSA) is 0 Å². The summed E-state index contributed by atoms with van der Waals surface area (Å²) in [5.41, 5.74) is 1.09. The Bertz CT molecular complexity index is 322. The highest BCUT2D eigenvalue weighted by atomic mass is 14.5. The van der Waals surface area contributed by atoms with Crippen LogP contribution < -0.4 is 0 Å². The summed E-state index contributed by atoms with van der Waals surface area (Å²) in [7, 11) is 6.98. The molecule has 0 heterocycles. The maximum absolute atomic E-state index is 6.98. The van der Waals surface area contributed by atoms with Crippen LogP contribution in [-0.4, -0.2) is 7.85 Å². The molecular formula is C20H39B. The molecule has 0 aromatic rings. The van der Waals surface area contributed by atoms with Crippen LogP contribution in [0.25, 0.3) is 0 Å². The summed E-state index contributed by atoms with van der Waals surface area (Å²) >= 11 is 0. The molecule has 2 radical (unpaired) electrons. The lowest BCUT2D eigenvalue weighted by molar-refractivity contribution is 0.0904. The van der Waals surface area contributed by atoms with Gasteiger partial charge < -0.3 is 0 Å². The van der Waals surface area contributed by atoms with Crippen LogP contribution in [0, 0.1) is 22.2 Å². The summed E-state index contributed by atoms with van der Waals surface area (Å²) in [5.74, 6) is 0.783. The molecule has 0 aromatic carbocycles. The van der Waals surface area contributed by atoms with Crippen molar-refractivity contribution in [1.29, 1.82) is 0 Å². The fourth-order valence-electron chi connectivity index (χ4n) is 4.62. The molecule has 0 spiro atoms. The summed E-state index contributed by atoms with van der Waals surface area (Å²) in [6.45, 7) is 19.1. The van der Waals surface area contributed by atoms with E-state index in [0.717, 1.165) is 5.92 Å². The summed E-state index contributed by atoms with van der Waals surface area (Å²) in [6.07, 6.45) is 8.86. The Morgan fingerprint density at radius 3 is 1.67 bits per heavy atom. The Balaban J connectivity index is 2.81. The first-order valence-electron chi connectivity index (χ1n) is 9.10. The van der Waals surface area contributed by atoms with Crippen LogP contribution in [0.4, 0.5) is 0 Å². The van der Waals surface area contributed by atoms with E-state index in [0.29, 0.717) is 10.8 Å². The van der Waals surface area contributed by atoms with Gasteiger partial charge in [-0.2, -0.15) is 0 Å². The van der Waals surface area contributed by atoms with Crippen molar-refractivity contribution in [3.05, 3.63) is 0 Å². The first-order chi connectivity index (χ1) is 9.31. The zero-order chi connectivity index (χ0) is 16.5. The predicted octanol–water partition coefficient (Wildman–Crippen LogP) is 6.79. The lowest BCUT2D eigenvalue weighted by Crippen LogP contribution is -2.37. The molecule has 0 bridgehead atoms. The number of hydrogen-bond donors (Lipinski definition) is 0. The Kier molecular flexibility index (Phi) is 5.72. The average molecular weight is 290 g/mol. The van der Waals surface area contributed by atoms with E-state index in [1.807, 2.05) is 0 Å². The summed E-state index contributed by atoms with van der Waals surface area (Å²) in [6, 6.07) is 0. The molecule has 0 aromatic heterocycles. The molecule has 1 saturated carbocycles. The summed E-state index contributed by atoms with van der Waals surface area (Å²) in [5, 5.41) is 0.0125. The maximum atomic E-state index is 6.98. The molecule has 1 rings (SSSR count). The van der Waals surface area contributed by atoms with Gasteiger partial charge in [-0.05, 0) is 41.4 Å². The molecule has 0 N–H and O–H groups in total. The van der Waals surface area contributed by atoms with Crippen molar-refractivity contribution in [3.63, 3.8) is 0 Å². The van der Waals surface area contributed by atoms with Crippen molar-refractivity contribution >= 4 is 7.85 Å². The number of hydrogen-bond acceptors (Lipinski definition) is 0. The highest BCUT2D eigenvalue weighted by molar-refractivity contribution is 6.15. The van der Waals surface area contributed by atoms with Gasteiger partial charge in [0.25, 0.3) is 0 Å². The van der Waals surface area contributed by atoms with E-state index in [1.54, 1.807) is 0 Å². The predicted molar refractivity (Wildman–Crippen MR) is 96.9 cm³/mol. The molecule has 1 heteroatoms. The summed E-state index contributed by atoms with van der Waals surface area (Å²) in [4.78, 5) is 0. The van der Waals surface area contributed by atoms with Crippen molar-refractivity contribution in [1.82, 2.24) is 0 Å². The van der Waals surface area contributed by atoms with Crippen molar-refractivity contribution in [3.8, 4) is 0 Å². The molecule has 0 atom stereocenters. The van der Waals surface area contributed by atoms with Crippen LogP contribution in [0.15, 0.2) is 0 Å². The molecule has 1 aliphatic rings. The molecule has 0 nitrogen and oxygen atoms in total. The Hall–Kier alpha value is 0.0649. The minimum Gasteiger partial charge on any atom is -0.0623 e. The van der Waals surface area contributed by atoms with E-state index in [4.69, 9.17) is 7.85 Å². The van der Waals surface area contributed by atoms with E-state index in [1.165, 1.54) is 44.9 Å². The van der Waals surface area contributed by atoms with Gasteiger partial charge in [0.2, 0.25) is 0 Å². The fraction of sp³-hybridized carbons (Fsp3) is 1.00. The van der Waals surface area contributed by atoms with Gasteiger partial charge in [0.1, 0.15) is 0 Å². The van der Waals surface area contributed by atoms with Gasteiger partial charge in [-0.1, -0.05) is 86.4 Å². The Morgan fingerprint density at radius 1 is 0.905 bits per heavy atom. The third-order valence-corrected chi connectivity index (χ3v) is 6.46. The monoisotopic (exact) mass is 290 g/mol. The van der Waals surface area contributed by atoms with Crippen LogP contribution in [0.1, 0.15) is 100 Å². The smallest absolute Gasteiger partial charge is 0.0623 e. The van der Waals surface area contributed by atoms with Crippen LogP contribution in [-0.2, 0) is 0 Å². The zero-order valence-electron chi connectivity index (χ0n) is 16.1. The molecule has 1 fully saturated rings. The zero-order valence-corrected chi connectivity index (χ0v) is 16.1. The molecule has 0 unspecified atom stereocenters. The normalized spacial score (nSPS) is 32.8. The molecule has 1 aliphatic carbocycles. The van der Waals surface area contributed by atoms with Gasteiger partial charge in [-0.25, -0.2) is 0 Å². The Labute approximate surface area is 136 Å². The van der Waals surface area contributed by atoms with Crippen molar-refractivity contribution in [2.24, 2.45) is 22.2 Å². The first kappa shape index (κ1) is 19.1. The Morgan fingerprint density at radius 2 is 1.33 bits per heavy atom. The van der Waals surface area contributed by atoms with Crippen LogP contribution in [0.3, 0.4) is 0 Å². The fourth-order valence-corrected chi connectivity index (χ4v) is 4.62. The van der Waals surface area contributed by atoms with E-state index in [-0.39, 0.29) is 10.7 Å². The lowest BCUT2D eigenvalue weighted by atomic mass is 9.46. The maximum Gasteiger partial charge on any atom is 0.0753 e. The second-order valence-corrected chi connectivity index (χ2v) is 10.3. The van der Waals surface area contributed by atoms with Crippen LogP contribution in [0.2, 0.25) is 5.31 Å². The minimum absolute atomic E-state index is 0.0125. The molecule has 0 amide bonds. The van der Waals surface area contributed by atoms with Crippen molar-refractivity contribution in [2.75, 3.05) is 0 Å². The van der Waals surface area contributed by atoms with Gasteiger partial charge in [0.15, 0.2) is 0 Å². The van der Waals surface area contributed by atoms with E-state index < -0.39 is 0 Å². The number of rotatable bonds is 3.